The maximum atomic E-state index is 11.8. The van der Waals surface area contributed by atoms with Crippen LogP contribution in [0.3, 0.4) is 0 Å². The smallest absolute Gasteiger partial charge is 0.224 e. The number of ether oxygens (including phenoxy) is 1. The number of nitrogen functional groups attached to an aromatic ring is 1. The van der Waals surface area contributed by atoms with Gasteiger partial charge in [0.15, 0.2) is 0 Å². The molecule has 1 fully saturated rings. The van der Waals surface area contributed by atoms with E-state index in [1.165, 1.54) is 0 Å². The van der Waals surface area contributed by atoms with Gasteiger partial charge in [-0.2, -0.15) is 0 Å². The highest BCUT2D eigenvalue weighted by atomic mass is 16.5. The maximum absolute atomic E-state index is 11.8. The van der Waals surface area contributed by atoms with Crippen LogP contribution in [0.2, 0.25) is 0 Å². The molecule has 2 rings (SSSR count). The highest BCUT2D eigenvalue weighted by molar-refractivity contribution is 5.80. The minimum atomic E-state index is 0.00259. The summed E-state index contributed by atoms with van der Waals surface area (Å²) in [5.74, 6) is 0.00259. The number of nitrogens with two attached hydrogens (primary N) is 1. The molecule has 0 aromatic heterocycles. The second-order valence-corrected chi connectivity index (χ2v) is 4.82. The number of aryl methyl sites for hydroxylation is 1. The number of hydrogen-bond donors (Lipinski definition) is 2. The second-order valence-electron chi connectivity index (χ2n) is 4.82. The van der Waals surface area contributed by atoms with Crippen LogP contribution in [0.25, 0.3) is 0 Å². The number of rotatable bonds is 4. The SMILES string of the molecule is Cc1ccc(N)c(CC(=O)NC[C@@H]2CCCO2)c1. The van der Waals surface area contributed by atoms with Crippen LogP contribution in [0, 0.1) is 6.92 Å². The van der Waals surface area contributed by atoms with Crippen LogP contribution in [0.4, 0.5) is 5.69 Å². The molecule has 1 aliphatic rings. The van der Waals surface area contributed by atoms with Crippen LogP contribution in [-0.2, 0) is 16.0 Å². The Morgan fingerprint density at radius 2 is 2.39 bits per heavy atom. The van der Waals surface area contributed by atoms with Gasteiger partial charge in [-0.05, 0) is 31.4 Å². The number of amides is 1. The second kappa shape index (κ2) is 5.87. The zero-order valence-corrected chi connectivity index (χ0v) is 10.7. The Balaban J connectivity index is 1.84. The highest BCUT2D eigenvalue weighted by Crippen LogP contribution is 2.14. The van der Waals surface area contributed by atoms with Crippen molar-refractivity contribution in [1.82, 2.24) is 5.32 Å². The third-order valence-corrected chi connectivity index (χ3v) is 3.20. The zero-order valence-electron chi connectivity index (χ0n) is 10.7. The summed E-state index contributed by atoms with van der Waals surface area (Å²) < 4.78 is 5.46. The van der Waals surface area contributed by atoms with Gasteiger partial charge in [0.1, 0.15) is 0 Å². The molecule has 0 bridgehead atoms. The molecule has 3 N–H and O–H groups in total. The van der Waals surface area contributed by atoms with Gasteiger partial charge in [-0.25, -0.2) is 0 Å². The van der Waals surface area contributed by atoms with Crippen molar-refractivity contribution in [2.24, 2.45) is 0 Å². The third-order valence-electron chi connectivity index (χ3n) is 3.20. The molecule has 4 nitrogen and oxygen atoms in total. The molecule has 18 heavy (non-hydrogen) atoms. The van der Waals surface area contributed by atoms with E-state index in [1.807, 2.05) is 25.1 Å². The van der Waals surface area contributed by atoms with Gasteiger partial charge in [-0.15, -0.1) is 0 Å². The first-order chi connectivity index (χ1) is 8.65. The largest absolute Gasteiger partial charge is 0.398 e. The lowest BCUT2D eigenvalue weighted by Gasteiger charge is -2.11. The number of carbonyl (C=O) groups is 1. The fraction of sp³-hybridized carbons (Fsp3) is 0.500. The zero-order chi connectivity index (χ0) is 13.0. The predicted molar refractivity (Wildman–Crippen MR) is 71.3 cm³/mol. The van der Waals surface area contributed by atoms with Gasteiger partial charge in [0, 0.05) is 18.8 Å². The first-order valence-corrected chi connectivity index (χ1v) is 6.38. The number of hydrogen-bond acceptors (Lipinski definition) is 3. The van der Waals surface area contributed by atoms with E-state index in [4.69, 9.17) is 10.5 Å². The molecule has 98 valence electrons. The monoisotopic (exact) mass is 248 g/mol. The van der Waals surface area contributed by atoms with E-state index in [2.05, 4.69) is 5.32 Å². The Labute approximate surface area is 108 Å². The fourth-order valence-electron chi connectivity index (χ4n) is 2.16. The summed E-state index contributed by atoms with van der Waals surface area (Å²) in [5, 5.41) is 2.90. The third kappa shape index (κ3) is 3.47. The predicted octanol–water partition coefficient (Wildman–Crippen LogP) is 1.41. The Hall–Kier alpha value is -1.55. The summed E-state index contributed by atoms with van der Waals surface area (Å²) in [6.45, 7) is 3.41. The van der Waals surface area contributed by atoms with Gasteiger partial charge in [-0.3, -0.25) is 4.79 Å². The summed E-state index contributed by atoms with van der Waals surface area (Å²) in [6.07, 6.45) is 2.64. The molecule has 1 aliphatic heterocycles. The van der Waals surface area contributed by atoms with E-state index in [0.29, 0.717) is 18.7 Å². The molecule has 4 heteroatoms. The first kappa shape index (κ1) is 12.9. The molecule has 0 unspecified atom stereocenters. The summed E-state index contributed by atoms with van der Waals surface area (Å²) >= 11 is 0. The summed E-state index contributed by atoms with van der Waals surface area (Å²) in [7, 11) is 0. The van der Waals surface area contributed by atoms with Crippen LogP contribution in [0.5, 0.6) is 0 Å². The van der Waals surface area contributed by atoms with Gasteiger partial charge >= 0.3 is 0 Å². The van der Waals surface area contributed by atoms with Crippen molar-refractivity contribution in [1.29, 1.82) is 0 Å². The molecule has 1 saturated heterocycles. The van der Waals surface area contributed by atoms with Crippen molar-refractivity contribution in [2.75, 3.05) is 18.9 Å². The molecular weight excluding hydrogens is 228 g/mol. The topological polar surface area (TPSA) is 64.4 Å². The minimum absolute atomic E-state index is 0.00259. The van der Waals surface area contributed by atoms with Gasteiger partial charge in [0.05, 0.1) is 12.5 Å². The van der Waals surface area contributed by atoms with Crippen molar-refractivity contribution < 1.29 is 9.53 Å². The molecule has 1 heterocycles. The fourth-order valence-corrected chi connectivity index (χ4v) is 2.16. The van der Waals surface area contributed by atoms with Crippen molar-refractivity contribution in [3.63, 3.8) is 0 Å². The van der Waals surface area contributed by atoms with Crippen molar-refractivity contribution >= 4 is 11.6 Å². The van der Waals surface area contributed by atoms with E-state index in [1.54, 1.807) is 0 Å². The van der Waals surface area contributed by atoms with Crippen LogP contribution in [0.15, 0.2) is 18.2 Å². The lowest BCUT2D eigenvalue weighted by atomic mass is 10.1. The van der Waals surface area contributed by atoms with E-state index >= 15 is 0 Å². The summed E-state index contributed by atoms with van der Waals surface area (Å²) in [6, 6.07) is 5.75. The van der Waals surface area contributed by atoms with E-state index in [0.717, 1.165) is 30.6 Å². The van der Waals surface area contributed by atoms with Crippen LogP contribution < -0.4 is 11.1 Å². The van der Waals surface area contributed by atoms with Gasteiger partial charge in [-0.1, -0.05) is 17.7 Å². The molecule has 0 saturated carbocycles. The van der Waals surface area contributed by atoms with E-state index < -0.39 is 0 Å². The Morgan fingerprint density at radius 1 is 1.56 bits per heavy atom. The molecule has 0 radical (unpaired) electrons. The van der Waals surface area contributed by atoms with Crippen molar-refractivity contribution in [3.8, 4) is 0 Å². The van der Waals surface area contributed by atoms with Crippen molar-refractivity contribution in [3.05, 3.63) is 29.3 Å². The van der Waals surface area contributed by atoms with Crippen molar-refractivity contribution in [2.45, 2.75) is 32.3 Å². The van der Waals surface area contributed by atoms with Gasteiger partial charge in [0.2, 0.25) is 5.91 Å². The molecule has 0 spiro atoms. The lowest BCUT2D eigenvalue weighted by molar-refractivity contribution is -0.120. The maximum Gasteiger partial charge on any atom is 0.224 e. The van der Waals surface area contributed by atoms with Gasteiger partial charge < -0.3 is 15.8 Å². The van der Waals surface area contributed by atoms with Crippen LogP contribution in [-0.4, -0.2) is 25.2 Å². The molecule has 0 aliphatic carbocycles. The molecule has 1 aromatic carbocycles. The van der Waals surface area contributed by atoms with Gasteiger partial charge in [0.25, 0.3) is 0 Å². The Bertz CT molecular complexity index is 426. The number of carbonyl (C=O) groups excluding carboxylic acids is 1. The number of benzene rings is 1. The molecule has 1 atom stereocenters. The standard InChI is InChI=1S/C14H20N2O2/c1-10-4-5-13(15)11(7-10)8-14(17)16-9-12-3-2-6-18-12/h4-5,7,12H,2-3,6,8-9,15H2,1H3,(H,16,17)/t12-/m0/s1. The highest BCUT2D eigenvalue weighted by Gasteiger charge is 2.16. The minimum Gasteiger partial charge on any atom is -0.398 e. The number of anilines is 1. The van der Waals surface area contributed by atoms with E-state index in [-0.39, 0.29) is 12.0 Å². The number of nitrogens with one attached hydrogen (secondary N) is 1. The molecular formula is C14H20N2O2. The summed E-state index contributed by atoms with van der Waals surface area (Å²) in [4.78, 5) is 11.8. The quantitative estimate of drug-likeness (QED) is 0.792. The normalized spacial score (nSPS) is 18.8. The summed E-state index contributed by atoms with van der Waals surface area (Å²) in [5.41, 5.74) is 8.53. The molecule has 1 aromatic rings. The Kier molecular flexibility index (Phi) is 4.20. The average Bonchev–Trinajstić information content (AvgIpc) is 2.84. The lowest BCUT2D eigenvalue weighted by Crippen LogP contribution is -2.32. The average molecular weight is 248 g/mol. The van der Waals surface area contributed by atoms with Crippen LogP contribution >= 0.6 is 0 Å². The van der Waals surface area contributed by atoms with E-state index in [9.17, 15) is 4.79 Å². The first-order valence-electron chi connectivity index (χ1n) is 6.38. The van der Waals surface area contributed by atoms with Crippen LogP contribution in [0.1, 0.15) is 24.0 Å². The molecule has 1 amide bonds. The Morgan fingerprint density at radius 3 is 3.11 bits per heavy atom.